The number of aryl methyl sites for hydroxylation is 1. The van der Waals surface area contributed by atoms with Crippen LogP contribution in [-0.4, -0.2) is 28.3 Å². The number of nitrogens with zero attached hydrogens (tertiary/aromatic N) is 2. The molecule has 0 bridgehead atoms. The number of fused-ring (bicyclic) bond motifs is 1. The van der Waals surface area contributed by atoms with Crippen molar-refractivity contribution in [2.75, 3.05) is 18.2 Å². The fourth-order valence-electron chi connectivity index (χ4n) is 2.70. The Morgan fingerprint density at radius 3 is 2.88 bits per heavy atom. The number of aromatic nitrogens is 2. The summed E-state index contributed by atoms with van der Waals surface area (Å²) >= 11 is 7.49. The molecule has 1 heterocycles. The molecule has 3 aromatic rings. The van der Waals surface area contributed by atoms with Gasteiger partial charge in [-0.3, -0.25) is 4.79 Å². The SMILES string of the molecule is CCCn1c(SCC(=O)Nc2ccccc2OC)nc2cc(Cl)ccc21. The smallest absolute Gasteiger partial charge is 0.234 e. The first-order valence-corrected chi connectivity index (χ1v) is 9.70. The molecule has 3 rings (SSSR count). The minimum Gasteiger partial charge on any atom is -0.495 e. The third kappa shape index (κ3) is 4.14. The first-order valence-electron chi connectivity index (χ1n) is 8.33. The van der Waals surface area contributed by atoms with Gasteiger partial charge < -0.3 is 14.6 Å². The van der Waals surface area contributed by atoms with Crippen LogP contribution in [0, 0.1) is 0 Å². The summed E-state index contributed by atoms with van der Waals surface area (Å²) in [5.74, 6) is 0.796. The number of amides is 1. The molecule has 7 heteroatoms. The number of para-hydroxylation sites is 2. The lowest BCUT2D eigenvalue weighted by Gasteiger charge is -2.10. The molecule has 2 aromatic carbocycles. The molecule has 26 heavy (non-hydrogen) atoms. The van der Waals surface area contributed by atoms with Crippen LogP contribution in [0.3, 0.4) is 0 Å². The molecule has 0 radical (unpaired) electrons. The summed E-state index contributed by atoms with van der Waals surface area (Å²) in [4.78, 5) is 17.0. The quantitative estimate of drug-likeness (QED) is 0.587. The third-order valence-electron chi connectivity index (χ3n) is 3.84. The highest BCUT2D eigenvalue weighted by Gasteiger charge is 2.14. The minimum atomic E-state index is -0.104. The molecular weight excluding hydrogens is 370 g/mol. The lowest BCUT2D eigenvalue weighted by atomic mass is 10.3. The van der Waals surface area contributed by atoms with Crippen molar-refractivity contribution < 1.29 is 9.53 Å². The lowest BCUT2D eigenvalue weighted by Crippen LogP contribution is -2.15. The lowest BCUT2D eigenvalue weighted by molar-refractivity contribution is -0.113. The van der Waals surface area contributed by atoms with Crippen LogP contribution in [-0.2, 0) is 11.3 Å². The summed E-state index contributed by atoms with van der Waals surface area (Å²) in [6.07, 6.45) is 0.981. The van der Waals surface area contributed by atoms with Crippen molar-refractivity contribution in [2.45, 2.75) is 25.0 Å². The van der Waals surface area contributed by atoms with Crippen molar-refractivity contribution in [3.05, 3.63) is 47.5 Å². The highest BCUT2D eigenvalue weighted by atomic mass is 35.5. The molecule has 5 nitrogen and oxygen atoms in total. The fraction of sp³-hybridized carbons (Fsp3) is 0.263. The molecule has 0 spiro atoms. The zero-order valence-corrected chi connectivity index (χ0v) is 16.2. The summed E-state index contributed by atoms with van der Waals surface area (Å²) in [5.41, 5.74) is 2.54. The van der Waals surface area contributed by atoms with Crippen LogP contribution >= 0.6 is 23.4 Å². The summed E-state index contributed by atoms with van der Waals surface area (Å²) in [6, 6.07) is 13.0. The topological polar surface area (TPSA) is 56.2 Å². The van der Waals surface area contributed by atoms with Crippen LogP contribution < -0.4 is 10.1 Å². The Kier molecular flexibility index (Phi) is 6.06. The molecule has 0 atom stereocenters. The molecule has 1 aromatic heterocycles. The second-order valence-corrected chi connectivity index (χ2v) is 7.10. The molecule has 1 N–H and O–H groups in total. The van der Waals surface area contributed by atoms with E-state index in [0.29, 0.717) is 16.5 Å². The van der Waals surface area contributed by atoms with Crippen LogP contribution in [0.15, 0.2) is 47.6 Å². The molecule has 0 unspecified atom stereocenters. The van der Waals surface area contributed by atoms with Gasteiger partial charge >= 0.3 is 0 Å². The Morgan fingerprint density at radius 1 is 1.31 bits per heavy atom. The van der Waals surface area contributed by atoms with Gasteiger partial charge in [0.25, 0.3) is 0 Å². The number of carbonyl (C=O) groups is 1. The highest BCUT2D eigenvalue weighted by molar-refractivity contribution is 7.99. The number of halogens is 1. The van der Waals surface area contributed by atoms with E-state index in [1.54, 1.807) is 7.11 Å². The number of thioether (sulfide) groups is 1. The van der Waals surface area contributed by atoms with Gasteiger partial charge in [-0.2, -0.15) is 0 Å². The van der Waals surface area contributed by atoms with E-state index in [1.807, 2.05) is 42.5 Å². The van der Waals surface area contributed by atoms with Gasteiger partial charge in [0, 0.05) is 11.6 Å². The maximum atomic E-state index is 12.3. The summed E-state index contributed by atoms with van der Waals surface area (Å²) < 4.78 is 7.39. The third-order valence-corrected chi connectivity index (χ3v) is 5.05. The summed E-state index contributed by atoms with van der Waals surface area (Å²) in [5, 5.41) is 4.36. The number of rotatable bonds is 7. The van der Waals surface area contributed by atoms with Crippen molar-refractivity contribution in [2.24, 2.45) is 0 Å². The van der Waals surface area contributed by atoms with Crippen LogP contribution in [0.5, 0.6) is 5.75 Å². The number of hydrogen-bond donors (Lipinski definition) is 1. The van der Waals surface area contributed by atoms with E-state index in [-0.39, 0.29) is 11.7 Å². The first kappa shape index (κ1) is 18.6. The molecule has 0 aliphatic rings. The van der Waals surface area contributed by atoms with Crippen molar-refractivity contribution in [1.29, 1.82) is 0 Å². The number of anilines is 1. The van der Waals surface area contributed by atoms with Crippen molar-refractivity contribution in [3.8, 4) is 5.75 Å². The number of carbonyl (C=O) groups excluding carboxylic acids is 1. The maximum absolute atomic E-state index is 12.3. The summed E-state index contributed by atoms with van der Waals surface area (Å²) in [6.45, 7) is 2.96. The van der Waals surface area contributed by atoms with Crippen molar-refractivity contribution in [1.82, 2.24) is 9.55 Å². The average molecular weight is 390 g/mol. The minimum absolute atomic E-state index is 0.104. The standard InChI is InChI=1S/C19H20ClN3O2S/c1-3-10-23-16-9-8-13(20)11-15(16)22-19(23)26-12-18(24)21-14-6-4-5-7-17(14)25-2/h4-9,11H,3,10,12H2,1-2H3,(H,21,24). The van der Waals surface area contributed by atoms with E-state index in [1.165, 1.54) is 11.8 Å². The number of nitrogens with one attached hydrogen (secondary N) is 1. The molecule has 0 fully saturated rings. The van der Waals surface area contributed by atoms with Gasteiger partial charge in [0.15, 0.2) is 5.16 Å². The number of methoxy groups -OCH3 is 1. The average Bonchev–Trinajstić information content (AvgIpc) is 2.97. The second-order valence-electron chi connectivity index (χ2n) is 5.72. The maximum Gasteiger partial charge on any atom is 0.234 e. The van der Waals surface area contributed by atoms with Crippen molar-refractivity contribution in [3.63, 3.8) is 0 Å². The Bertz CT molecular complexity index is 926. The van der Waals surface area contributed by atoms with E-state index >= 15 is 0 Å². The van der Waals surface area contributed by atoms with E-state index < -0.39 is 0 Å². The zero-order chi connectivity index (χ0) is 18.5. The predicted octanol–water partition coefficient (Wildman–Crippen LogP) is 4.84. The largest absolute Gasteiger partial charge is 0.495 e. The molecule has 1 amide bonds. The molecule has 136 valence electrons. The van der Waals surface area contributed by atoms with Crippen LogP contribution in [0.1, 0.15) is 13.3 Å². The predicted molar refractivity (Wildman–Crippen MR) is 107 cm³/mol. The summed E-state index contributed by atoms with van der Waals surface area (Å²) in [7, 11) is 1.58. The van der Waals surface area contributed by atoms with Crippen LogP contribution in [0.4, 0.5) is 5.69 Å². The second kappa shape index (κ2) is 8.47. The molecule has 0 aliphatic heterocycles. The van der Waals surface area contributed by atoms with Crippen LogP contribution in [0.2, 0.25) is 5.02 Å². The Labute approximate surface area is 161 Å². The van der Waals surface area contributed by atoms with Gasteiger partial charge in [0.05, 0.1) is 29.6 Å². The van der Waals surface area contributed by atoms with Crippen LogP contribution in [0.25, 0.3) is 11.0 Å². The van der Waals surface area contributed by atoms with E-state index in [9.17, 15) is 4.79 Å². The zero-order valence-electron chi connectivity index (χ0n) is 14.7. The van der Waals surface area contributed by atoms with Crippen molar-refractivity contribution >= 4 is 46.0 Å². The highest BCUT2D eigenvalue weighted by Crippen LogP contribution is 2.27. The first-order chi connectivity index (χ1) is 12.6. The molecule has 0 aliphatic carbocycles. The Morgan fingerprint density at radius 2 is 2.12 bits per heavy atom. The van der Waals surface area contributed by atoms with Gasteiger partial charge in [-0.05, 0) is 36.8 Å². The van der Waals surface area contributed by atoms with E-state index in [2.05, 4.69) is 21.8 Å². The van der Waals surface area contributed by atoms with E-state index in [4.69, 9.17) is 16.3 Å². The number of hydrogen-bond acceptors (Lipinski definition) is 4. The molecule has 0 saturated carbocycles. The van der Waals surface area contributed by atoms with Gasteiger partial charge in [0.1, 0.15) is 5.75 Å². The number of ether oxygens (including phenoxy) is 1. The van der Waals surface area contributed by atoms with Gasteiger partial charge in [-0.15, -0.1) is 0 Å². The number of benzene rings is 2. The van der Waals surface area contributed by atoms with Gasteiger partial charge in [-0.25, -0.2) is 4.98 Å². The van der Waals surface area contributed by atoms with E-state index in [0.717, 1.165) is 29.2 Å². The molecule has 0 saturated heterocycles. The Balaban J connectivity index is 1.74. The van der Waals surface area contributed by atoms with Gasteiger partial charge in [0.2, 0.25) is 5.91 Å². The van der Waals surface area contributed by atoms with Gasteiger partial charge in [-0.1, -0.05) is 42.4 Å². The monoisotopic (exact) mass is 389 g/mol. The molecular formula is C19H20ClN3O2S. The fourth-order valence-corrected chi connectivity index (χ4v) is 3.70. The Hall–Kier alpha value is -2.18. The normalized spacial score (nSPS) is 10.9. The number of imidazole rings is 1.